The topological polar surface area (TPSA) is 67.4 Å². The van der Waals surface area contributed by atoms with Crippen LogP contribution >= 0.6 is 0 Å². The average Bonchev–Trinajstić information content (AvgIpc) is 3.17. The third-order valence-corrected chi connectivity index (χ3v) is 3.47. The van der Waals surface area contributed by atoms with E-state index in [4.69, 9.17) is 4.74 Å². The molecule has 2 rings (SSSR count). The Balaban J connectivity index is 1.68. The minimum absolute atomic E-state index is 0.0646. The van der Waals surface area contributed by atoms with Crippen molar-refractivity contribution in [2.24, 2.45) is 11.8 Å². The summed E-state index contributed by atoms with van der Waals surface area (Å²) in [6, 6.07) is 7.13. The molecule has 0 heterocycles. The summed E-state index contributed by atoms with van der Waals surface area (Å²) < 4.78 is 5.04. The number of carbonyl (C=O) groups excluding carboxylic acids is 2. The van der Waals surface area contributed by atoms with E-state index in [1.54, 1.807) is 31.4 Å². The largest absolute Gasteiger partial charge is 0.497 e. The van der Waals surface area contributed by atoms with Crippen molar-refractivity contribution in [3.8, 4) is 5.75 Å². The predicted octanol–water partition coefficient (Wildman–Crippen LogP) is 1.80. The molecule has 1 fully saturated rings. The average molecular weight is 276 g/mol. The molecule has 0 unspecified atom stereocenters. The summed E-state index contributed by atoms with van der Waals surface area (Å²) in [7, 11) is 1.59. The van der Waals surface area contributed by atoms with E-state index in [0.717, 1.165) is 17.9 Å². The van der Waals surface area contributed by atoms with Gasteiger partial charge in [-0.25, -0.2) is 0 Å². The number of benzene rings is 1. The lowest BCUT2D eigenvalue weighted by atomic mass is 10.3. The molecule has 1 aromatic carbocycles. The third kappa shape index (κ3) is 3.98. The van der Waals surface area contributed by atoms with Crippen LogP contribution in [-0.4, -0.2) is 25.5 Å². The maximum Gasteiger partial charge on any atom is 0.226 e. The van der Waals surface area contributed by atoms with Gasteiger partial charge >= 0.3 is 0 Å². The molecule has 0 bridgehead atoms. The van der Waals surface area contributed by atoms with Crippen LogP contribution in [0.4, 0.5) is 5.69 Å². The summed E-state index contributed by atoms with van der Waals surface area (Å²) in [6.45, 7) is 2.44. The molecule has 0 aromatic heterocycles. The quantitative estimate of drug-likeness (QED) is 0.832. The fourth-order valence-electron chi connectivity index (χ4n) is 2.02. The van der Waals surface area contributed by atoms with Crippen LogP contribution in [-0.2, 0) is 9.59 Å². The number of methoxy groups -OCH3 is 1. The molecule has 0 saturated heterocycles. The maximum absolute atomic E-state index is 11.7. The van der Waals surface area contributed by atoms with E-state index in [2.05, 4.69) is 17.6 Å². The zero-order valence-electron chi connectivity index (χ0n) is 11.8. The van der Waals surface area contributed by atoms with Crippen LogP contribution in [0.5, 0.6) is 5.75 Å². The van der Waals surface area contributed by atoms with Crippen LogP contribution in [0.15, 0.2) is 24.3 Å². The van der Waals surface area contributed by atoms with Gasteiger partial charge in [0.15, 0.2) is 0 Å². The minimum atomic E-state index is -0.112. The molecule has 0 radical (unpaired) electrons. The van der Waals surface area contributed by atoms with Crippen molar-refractivity contribution in [3.05, 3.63) is 24.3 Å². The molecule has 1 aliphatic rings. The second-order valence-corrected chi connectivity index (χ2v) is 5.14. The Bertz CT molecular complexity index is 484. The first-order valence-corrected chi connectivity index (χ1v) is 6.81. The van der Waals surface area contributed by atoms with E-state index in [1.165, 1.54) is 0 Å². The lowest BCUT2D eigenvalue weighted by Crippen LogP contribution is -2.29. The van der Waals surface area contributed by atoms with Crippen LogP contribution < -0.4 is 15.4 Å². The molecule has 5 nitrogen and oxygen atoms in total. The molecule has 0 aliphatic heterocycles. The van der Waals surface area contributed by atoms with Gasteiger partial charge in [-0.3, -0.25) is 9.59 Å². The number of hydrogen-bond acceptors (Lipinski definition) is 3. The molecular weight excluding hydrogens is 256 g/mol. The van der Waals surface area contributed by atoms with Gasteiger partial charge in [-0.2, -0.15) is 0 Å². The Morgan fingerprint density at radius 1 is 1.30 bits per heavy atom. The zero-order chi connectivity index (χ0) is 14.5. The summed E-state index contributed by atoms with van der Waals surface area (Å²) in [4.78, 5) is 23.3. The van der Waals surface area contributed by atoms with Crippen molar-refractivity contribution in [3.63, 3.8) is 0 Å². The Labute approximate surface area is 118 Å². The smallest absolute Gasteiger partial charge is 0.226 e. The number of nitrogens with one attached hydrogen (secondary N) is 2. The van der Waals surface area contributed by atoms with E-state index >= 15 is 0 Å². The van der Waals surface area contributed by atoms with Crippen LogP contribution in [0, 0.1) is 11.8 Å². The molecule has 108 valence electrons. The van der Waals surface area contributed by atoms with Gasteiger partial charge in [-0.05, 0) is 36.6 Å². The van der Waals surface area contributed by atoms with Gasteiger partial charge < -0.3 is 15.4 Å². The Morgan fingerprint density at radius 2 is 1.95 bits per heavy atom. The number of ether oxygens (including phenoxy) is 1. The van der Waals surface area contributed by atoms with E-state index < -0.39 is 0 Å². The molecule has 1 saturated carbocycles. The first-order chi connectivity index (χ1) is 9.60. The van der Waals surface area contributed by atoms with Gasteiger partial charge in [-0.15, -0.1) is 0 Å². The fourth-order valence-corrected chi connectivity index (χ4v) is 2.02. The molecule has 1 aliphatic carbocycles. The monoisotopic (exact) mass is 276 g/mol. The normalized spacial score (nSPS) is 20.1. The Kier molecular flexibility index (Phi) is 4.61. The van der Waals surface area contributed by atoms with Crippen molar-refractivity contribution in [2.45, 2.75) is 19.8 Å². The van der Waals surface area contributed by atoms with Crippen LogP contribution in [0.1, 0.15) is 19.8 Å². The van der Waals surface area contributed by atoms with Crippen molar-refractivity contribution in [1.82, 2.24) is 5.32 Å². The van der Waals surface area contributed by atoms with Gasteiger partial charge in [0, 0.05) is 24.6 Å². The predicted molar refractivity (Wildman–Crippen MR) is 76.5 cm³/mol. The molecular formula is C15H20N2O3. The number of amides is 2. The SMILES string of the molecule is COc1ccc(NC(=O)CCNC(=O)[C@@H]2C[C@@H]2C)cc1. The van der Waals surface area contributed by atoms with Crippen molar-refractivity contribution >= 4 is 17.5 Å². The lowest BCUT2D eigenvalue weighted by Gasteiger charge is -2.07. The van der Waals surface area contributed by atoms with Crippen molar-refractivity contribution in [1.29, 1.82) is 0 Å². The van der Waals surface area contributed by atoms with E-state index in [1.807, 2.05) is 0 Å². The lowest BCUT2D eigenvalue weighted by molar-refractivity contribution is -0.122. The first kappa shape index (κ1) is 14.4. The molecule has 1 aromatic rings. The van der Waals surface area contributed by atoms with E-state index in [-0.39, 0.29) is 24.2 Å². The van der Waals surface area contributed by atoms with Gasteiger partial charge in [0.05, 0.1) is 7.11 Å². The second-order valence-electron chi connectivity index (χ2n) is 5.14. The molecule has 2 N–H and O–H groups in total. The molecule has 0 spiro atoms. The number of hydrogen-bond donors (Lipinski definition) is 2. The highest BCUT2D eigenvalue weighted by Gasteiger charge is 2.38. The van der Waals surface area contributed by atoms with Crippen molar-refractivity contribution in [2.75, 3.05) is 19.0 Å². The standard InChI is InChI=1S/C15H20N2O3/c1-10-9-13(10)15(19)16-8-7-14(18)17-11-3-5-12(20-2)6-4-11/h3-6,10,13H,7-9H2,1-2H3,(H,16,19)(H,17,18)/t10-,13+/m0/s1. The number of carbonyl (C=O) groups is 2. The number of rotatable bonds is 6. The molecule has 20 heavy (non-hydrogen) atoms. The summed E-state index contributed by atoms with van der Waals surface area (Å²) in [5, 5.41) is 5.56. The Hall–Kier alpha value is -2.04. The Morgan fingerprint density at radius 3 is 2.50 bits per heavy atom. The number of anilines is 1. The second kappa shape index (κ2) is 6.41. The van der Waals surface area contributed by atoms with Crippen LogP contribution in [0.25, 0.3) is 0 Å². The zero-order valence-corrected chi connectivity index (χ0v) is 11.8. The van der Waals surface area contributed by atoms with Gasteiger partial charge in [0.2, 0.25) is 11.8 Å². The van der Waals surface area contributed by atoms with Gasteiger partial charge in [-0.1, -0.05) is 6.92 Å². The first-order valence-electron chi connectivity index (χ1n) is 6.81. The minimum Gasteiger partial charge on any atom is -0.497 e. The molecule has 2 atom stereocenters. The fraction of sp³-hybridized carbons (Fsp3) is 0.467. The van der Waals surface area contributed by atoms with Gasteiger partial charge in [0.25, 0.3) is 0 Å². The van der Waals surface area contributed by atoms with Crippen LogP contribution in [0.3, 0.4) is 0 Å². The summed E-state index contributed by atoms with van der Waals surface area (Å²) in [6.07, 6.45) is 1.24. The van der Waals surface area contributed by atoms with Crippen molar-refractivity contribution < 1.29 is 14.3 Å². The summed E-state index contributed by atoms with van der Waals surface area (Å²) >= 11 is 0. The third-order valence-electron chi connectivity index (χ3n) is 3.47. The van der Waals surface area contributed by atoms with Crippen LogP contribution in [0.2, 0.25) is 0 Å². The van der Waals surface area contributed by atoms with E-state index in [9.17, 15) is 9.59 Å². The highest BCUT2D eigenvalue weighted by Crippen LogP contribution is 2.37. The highest BCUT2D eigenvalue weighted by atomic mass is 16.5. The molecule has 2 amide bonds. The summed E-state index contributed by atoms with van der Waals surface area (Å²) in [5.41, 5.74) is 0.720. The highest BCUT2D eigenvalue weighted by molar-refractivity contribution is 5.91. The summed E-state index contributed by atoms with van der Waals surface area (Å²) in [5.74, 6) is 1.34. The van der Waals surface area contributed by atoms with Gasteiger partial charge in [0.1, 0.15) is 5.75 Å². The van der Waals surface area contributed by atoms with E-state index in [0.29, 0.717) is 12.5 Å². The molecule has 5 heteroatoms. The maximum atomic E-state index is 11.7.